The molecule has 1 aromatic rings. The topological polar surface area (TPSA) is 76.8 Å². The third-order valence-electron chi connectivity index (χ3n) is 3.32. The molecule has 0 unspecified atom stereocenters. The molecule has 0 aliphatic rings. The van der Waals surface area contributed by atoms with Crippen molar-refractivity contribution in [1.29, 1.82) is 0 Å². The van der Waals surface area contributed by atoms with E-state index >= 15 is 0 Å². The Morgan fingerprint density at radius 3 is 1.84 bits per heavy atom. The largest absolute Gasteiger partial charge is 0.369 e. The molecule has 19 heavy (non-hydrogen) atoms. The molecule has 0 bridgehead atoms. The molecule has 0 aliphatic carbocycles. The Morgan fingerprint density at radius 2 is 1.47 bits per heavy atom. The Kier molecular flexibility index (Phi) is 5.20. The molecule has 6 heteroatoms. The summed E-state index contributed by atoms with van der Waals surface area (Å²) in [4.78, 5) is -0.541. The van der Waals surface area contributed by atoms with E-state index in [0.717, 1.165) is 33.4 Å². The van der Waals surface area contributed by atoms with Gasteiger partial charge in [0.25, 0.3) is 0 Å². The lowest BCUT2D eigenvalue weighted by Gasteiger charge is -2.19. The summed E-state index contributed by atoms with van der Waals surface area (Å²) < 4.78 is 0. The summed E-state index contributed by atoms with van der Waals surface area (Å²) in [6, 6.07) is 0. The van der Waals surface area contributed by atoms with Crippen LogP contribution in [0.3, 0.4) is 0 Å². The fourth-order valence-electron chi connectivity index (χ4n) is 2.04. The molecule has 0 saturated heterocycles. The van der Waals surface area contributed by atoms with Crippen LogP contribution in [-0.2, 0) is 0 Å². The van der Waals surface area contributed by atoms with Crippen LogP contribution >= 0.6 is 23.2 Å². The zero-order valence-corrected chi connectivity index (χ0v) is 13.0. The highest BCUT2D eigenvalue weighted by molar-refractivity contribution is 6.44. The van der Waals surface area contributed by atoms with Crippen LogP contribution in [0.15, 0.2) is 10.2 Å². The highest BCUT2D eigenvalue weighted by Crippen LogP contribution is 2.35. The van der Waals surface area contributed by atoms with Gasteiger partial charge in [0.2, 0.25) is 5.96 Å². The zero-order valence-electron chi connectivity index (χ0n) is 11.5. The van der Waals surface area contributed by atoms with E-state index in [1.165, 1.54) is 0 Å². The fourth-order valence-corrected chi connectivity index (χ4v) is 2.70. The minimum atomic E-state index is -0.541. The highest BCUT2D eigenvalue weighted by Gasteiger charge is 2.17. The molecule has 0 fully saturated rings. The number of benzene rings is 1. The molecule has 4 nitrogen and oxygen atoms in total. The van der Waals surface area contributed by atoms with E-state index in [1.54, 1.807) is 6.21 Å². The minimum Gasteiger partial charge on any atom is -0.369 e. The van der Waals surface area contributed by atoms with Crippen LogP contribution in [-0.4, -0.2) is 12.2 Å². The van der Waals surface area contributed by atoms with Gasteiger partial charge in [0.1, 0.15) is 4.84 Å². The third kappa shape index (κ3) is 3.39. The monoisotopic (exact) mass is 300 g/mol. The van der Waals surface area contributed by atoms with Crippen molar-refractivity contribution in [3.8, 4) is 0 Å². The second kappa shape index (κ2) is 6.26. The molecule has 0 atom stereocenters. The van der Waals surface area contributed by atoms with Gasteiger partial charge in [0.15, 0.2) is 0 Å². The molecule has 0 saturated carbocycles. The first-order chi connectivity index (χ1) is 8.77. The molecule has 4 N–H and O–H groups in total. The molecule has 0 aliphatic heterocycles. The van der Waals surface area contributed by atoms with Gasteiger partial charge in [-0.05, 0) is 55.5 Å². The third-order valence-corrected chi connectivity index (χ3v) is 3.76. The van der Waals surface area contributed by atoms with Crippen LogP contribution in [0.2, 0.25) is 0 Å². The number of alkyl halides is 2. The van der Waals surface area contributed by atoms with Crippen molar-refractivity contribution in [1.82, 2.24) is 0 Å². The van der Waals surface area contributed by atoms with Crippen molar-refractivity contribution in [2.75, 3.05) is 0 Å². The lowest BCUT2D eigenvalue weighted by Crippen LogP contribution is -2.21. The quantitative estimate of drug-likeness (QED) is 0.390. The minimum absolute atomic E-state index is 0.0711. The summed E-state index contributed by atoms with van der Waals surface area (Å²) in [5.74, 6) is -0.0711. The van der Waals surface area contributed by atoms with Gasteiger partial charge < -0.3 is 11.5 Å². The first-order valence-corrected chi connectivity index (χ1v) is 6.65. The van der Waals surface area contributed by atoms with E-state index in [2.05, 4.69) is 10.2 Å². The molecule has 0 amide bonds. The number of nitrogens with zero attached hydrogens (tertiary/aromatic N) is 2. The maximum atomic E-state index is 6.03. The summed E-state index contributed by atoms with van der Waals surface area (Å²) in [5.41, 5.74) is 16.7. The molecule has 1 rings (SSSR count). The Labute approximate surface area is 123 Å². The molecule has 1 aromatic carbocycles. The van der Waals surface area contributed by atoms with Gasteiger partial charge >= 0.3 is 0 Å². The molecule has 0 radical (unpaired) electrons. The van der Waals surface area contributed by atoms with Gasteiger partial charge in [-0.2, -0.15) is 5.10 Å². The van der Waals surface area contributed by atoms with Gasteiger partial charge in [-0.1, -0.05) is 0 Å². The van der Waals surface area contributed by atoms with Gasteiger partial charge in [-0.15, -0.1) is 28.3 Å². The van der Waals surface area contributed by atoms with Crippen molar-refractivity contribution >= 4 is 35.4 Å². The molecule has 104 valence electrons. The molecular weight excluding hydrogens is 283 g/mol. The number of hydrogen-bond donors (Lipinski definition) is 2. The lowest BCUT2D eigenvalue weighted by atomic mass is 9.90. The molecule has 0 heterocycles. The van der Waals surface area contributed by atoms with Crippen LogP contribution in [0.4, 0.5) is 0 Å². The van der Waals surface area contributed by atoms with Gasteiger partial charge in [-0.25, -0.2) is 0 Å². The zero-order chi connectivity index (χ0) is 14.7. The molecule has 0 aromatic heterocycles. The van der Waals surface area contributed by atoms with E-state index in [0.29, 0.717) is 0 Å². The average Bonchev–Trinajstić information content (AvgIpc) is 2.30. The SMILES string of the molecule is Cc1c(C)c(C(Cl)Cl)c(C)c(C)c1C=NN=C(N)N. The Morgan fingerprint density at radius 1 is 1.00 bits per heavy atom. The fraction of sp³-hybridized carbons (Fsp3) is 0.385. The maximum absolute atomic E-state index is 6.03. The van der Waals surface area contributed by atoms with Crippen LogP contribution < -0.4 is 11.5 Å². The van der Waals surface area contributed by atoms with Crippen LogP contribution in [0, 0.1) is 27.7 Å². The van der Waals surface area contributed by atoms with E-state index in [9.17, 15) is 0 Å². The van der Waals surface area contributed by atoms with E-state index in [4.69, 9.17) is 34.7 Å². The first kappa shape index (κ1) is 15.8. The summed E-state index contributed by atoms with van der Waals surface area (Å²) in [5, 5.41) is 7.47. The standard InChI is InChI=1S/C13H18Cl2N4/c1-6-8(3)11(12(14)15)9(4)7(2)10(6)5-18-19-13(16)17/h5,12H,1-4H3,(H4,16,17,19). The van der Waals surface area contributed by atoms with Crippen molar-refractivity contribution < 1.29 is 0 Å². The number of rotatable bonds is 3. The first-order valence-electron chi connectivity index (χ1n) is 5.77. The Balaban J connectivity index is 3.44. The van der Waals surface area contributed by atoms with Crippen molar-refractivity contribution in [3.05, 3.63) is 33.4 Å². The predicted octanol–water partition coefficient (Wildman–Crippen LogP) is 3.00. The van der Waals surface area contributed by atoms with Crippen molar-refractivity contribution in [2.24, 2.45) is 21.7 Å². The predicted molar refractivity (Wildman–Crippen MR) is 83.2 cm³/mol. The molecular formula is C13H18Cl2N4. The summed E-state index contributed by atoms with van der Waals surface area (Å²) in [6.45, 7) is 7.98. The second-order valence-corrected chi connectivity index (χ2v) is 5.49. The van der Waals surface area contributed by atoms with Crippen LogP contribution in [0.5, 0.6) is 0 Å². The van der Waals surface area contributed by atoms with Gasteiger partial charge in [0, 0.05) is 5.56 Å². The van der Waals surface area contributed by atoms with Crippen molar-refractivity contribution in [3.63, 3.8) is 0 Å². The lowest BCUT2D eigenvalue weighted by molar-refractivity contribution is 1.13. The molecule has 0 spiro atoms. The summed E-state index contributed by atoms with van der Waals surface area (Å²) in [6.07, 6.45) is 1.64. The van der Waals surface area contributed by atoms with Gasteiger partial charge in [-0.3, -0.25) is 0 Å². The number of halogens is 2. The summed E-state index contributed by atoms with van der Waals surface area (Å²) in [7, 11) is 0. The van der Waals surface area contributed by atoms with E-state index in [1.807, 2.05) is 27.7 Å². The van der Waals surface area contributed by atoms with Crippen LogP contribution in [0.25, 0.3) is 0 Å². The Bertz CT molecular complexity index is 515. The Hall–Kier alpha value is -1.26. The smallest absolute Gasteiger partial charge is 0.211 e. The number of guanidine groups is 1. The second-order valence-electron chi connectivity index (χ2n) is 4.40. The number of hydrogen-bond acceptors (Lipinski definition) is 2. The van der Waals surface area contributed by atoms with Crippen LogP contribution in [0.1, 0.15) is 38.2 Å². The number of nitrogens with two attached hydrogens (primary N) is 2. The van der Waals surface area contributed by atoms with Gasteiger partial charge in [0.05, 0.1) is 6.21 Å². The normalized spacial score (nSPS) is 11.3. The van der Waals surface area contributed by atoms with Crippen molar-refractivity contribution in [2.45, 2.75) is 32.5 Å². The average molecular weight is 301 g/mol. The maximum Gasteiger partial charge on any atom is 0.211 e. The summed E-state index contributed by atoms with van der Waals surface area (Å²) >= 11 is 12.1. The van der Waals surface area contributed by atoms with E-state index in [-0.39, 0.29) is 5.96 Å². The highest BCUT2D eigenvalue weighted by atomic mass is 35.5. The van der Waals surface area contributed by atoms with E-state index < -0.39 is 4.84 Å².